The number of rotatable bonds is 9. The number of benzene rings is 1. The van der Waals surface area contributed by atoms with Gasteiger partial charge >= 0.3 is 0 Å². The van der Waals surface area contributed by atoms with Gasteiger partial charge in [-0.3, -0.25) is 14.5 Å². The molecule has 1 aliphatic heterocycles. The Labute approximate surface area is 219 Å². The quantitative estimate of drug-likeness (QED) is 0.522. The number of hydrogen-bond acceptors (Lipinski definition) is 8. The normalized spacial score (nSPS) is 19.8. The number of nitrogens with zero attached hydrogens (tertiary/aromatic N) is 5. The van der Waals surface area contributed by atoms with E-state index in [-0.39, 0.29) is 5.91 Å². The van der Waals surface area contributed by atoms with Gasteiger partial charge < -0.3 is 9.64 Å². The highest BCUT2D eigenvalue weighted by atomic mass is 16.6. The maximum atomic E-state index is 12.2. The molecule has 0 spiro atoms. The predicted molar refractivity (Wildman–Crippen MR) is 145 cm³/mol. The Morgan fingerprint density at radius 1 is 1.14 bits per heavy atom. The number of amides is 1. The summed E-state index contributed by atoms with van der Waals surface area (Å²) in [6.07, 6.45) is 11.6. The topological polar surface area (TPSA) is 92.2 Å². The van der Waals surface area contributed by atoms with Crippen LogP contribution in [0.5, 0.6) is 5.75 Å². The summed E-state index contributed by atoms with van der Waals surface area (Å²) < 4.78 is 5.47. The number of carbonyl (C=O) groups is 1. The van der Waals surface area contributed by atoms with Crippen molar-refractivity contribution in [3.8, 4) is 5.75 Å². The second-order valence-corrected chi connectivity index (χ2v) is 9.53. The fourth-order valence-corrected chi connectivity index (χ4v) is 4.95. The lowest BCUT2D eigenvalue weighted by molar-refractivity contribution is 0.0537. The van der Waals surface area contributed by atoms with Gasteiger partial charge in [0.15, 0.2) is 0 Å². The lowest BCUT2D eigenvalue weighted by Crippen LogP contribution is -2.50. The van der Waals surface area contributed by atoms with Crippen molar-refractivity contribution >= 4 is 17.6 Å². The molecule has 1 aromatic carbocycles. The summed E-state index contributed by atoms with van der Waals surface area (Å²) in [5.74, 6) is 0.859. The SMILES string of the molecule is CCN1CCN(C2C=CC(=Nc3ncc(CCc4cc(C(=O)NOC)cc(OC)c4C)cn3)CC2)CC1. The number of ether oxygens (including phenoxy) is 1. The van der Waals surface area contributed by atoms with Gasteiger partial charge in [-0.1, -0.05) is 13.0 Å². The molecule has 1 aromatic heterocycles. The van der Waals surface area contributed by atoms with Crippen LogP contribution in [0.4, 0.5) is 5.95 Å². The monoisotopic (exact) mass is 506 g/mol. The summed E-state index contributed by atoms with van der Waals surface area (Å²) in [6.45, 7) is 9.95. The zero-order valence-electron chi connectivity index (χ0n) is 22.4. The molecule has 9 nitrogen and oxygen atoms in total. The van der Waals surface area contributed by atoms with Crippen molar-refractivity contribution in [3.63, 3.8) is 0 Å². The van der Waals surface area contributed by atoms with Gasteiger partial charge in [0.05, 0.1) is 14.2 Å². The lowest BCUT2D eigenvalue weighted by atomic mass is 9.98. The standard InChI is InChI=1S/C28H38N6O3/c1-5-33-12-14-34(15-13-33)25-10-8-24(9-11-25)31-28-29-18-21(19-30-28)6-7-22-16-23(27(35)32-37-4)17-26(36-3)20(22)2/h8,10,16-19,25H,5-7,9,11-15H2,1-4H3,(H,32,35). The van der Waals surface area contributed by atoms with E-state index in [4.69, 9.17) is 9.57 Å². The molecule has 1 atom stereocenters. The molecular weight excluding hydrogens is 468 g/mol. The number of allylic oxidation sites excluding steroid dienone is 1. The summed E-state index contributed by atoms with van der Waals surface area (Å²) in [7, 11) is 3.02. The molecular formula is C28H38N6O3. The summed E-state index contributed by atoms with van der Waals surface area (Å²) in [5.41, 5.74) is 6.94. The van der Waals surface area contributed by atoms with Crippen LogP contribution in [0, 0.1) is 6.92 Å². The van der Waals surface area contributed by atoms with Crippen molar-refractivity contribution in [1.82, 2.24) is 25.2 Å². The average molecular weight is 507 g/mol. The molecule has 1 N–H and O–H groups in total. The molecule has 1 saturated heterocycles. The Morgan fingerprint density at radius 3 is 2.51 bits per heavy atom. The van der Waals surface area contributed by atoms with E-state index in [1.54, 1.807) is 13.2 Å². The van der Waals surface area contributed by atoms with E-state index < -0.39 is 0 Å². The number of piperazine rings is 1. The molecule has 0 bridgehead atoms. The highest BCUT2D eigenvalue weighted by Gasteiger charge is 2.23. The number of hydroxylamine groups is 1. The molecule has 9 heteroatoms. The van der Waals surface area contributed by atoms with Gasteiger partial charge in [-0.05, 0) is 74.1 Å². The van der Waals surface area contributed by atoms with Crippen molar-refractivity contribution in [2.45, 2.75) is 45.6 Å². The molecule has 2 aromatic rings. The minimum atomic E-state index is -0.309. The molecule has 4 rings (SSSR count). The highest BCUT2D eigenvalue weighted by molar-refractivity contribution is 5.97. The maximum Gasteiger partial charge on any atom is 0.274 e. The number of aryl methyl sites for hydroxylation is 2. The molecule has 1 unspecified atom stereocenters. The van der Waals surface area contributed by atoms with Crippen LogP contribution in [0.1, 0.15) is 46.8 Å². The molecule has 1 aliphatic carbocycles. The van der Waals surface area contributed by atoms with Gasteiger partial charge in [0.25, 0.3) is 5.91 Å². The summed E-state index contributed by atoms with van der Waals surface area (Å²) >= 11 is 0. The molecule has 1 amide bonds. The Balaban J connectivity index is 1.35. The number of carbonyl (C=O) groups excluding carboxylic acids is 1. The minimum Gasteiger partial charge on any atom is -0.496 e. The molecule has 37 heavy (non-hydrogen) atoms. The van der Waals surface area contributed by atoms with Gasteiger partial charge in [0.1, 0.15) is 5.75 Å². The number of hydrogen-bond donors (Lipinski definition) is 1. The first-order valence-corrected chi connectivity index (χ1v) is 13.0. The van der Waals surface area contributed by atoms with Crippen LogP contribution in [-0.4, -0.2) is 84.4 Å². The van der Waals surface area contributed by atoms with Crippen LogP contribution < -0.4 is 10.2 Å². The molecule has 0 saturated carbocycles. The van der Waals surface area contributed by atoms with Crippen molar-refractivity contribution in [3.05, 3.63) is 58.9 Å². The molecule has 2 aliphatic rings. The zero-order chi connectivity index (χ0) is 26.2. The van der Waals surface area contributed by atoms with E-state index in [2.05, 4.69) is 49.3 Å². The van der Waals surface area contributed by atoms with E-state index in [9.17, 15) is 4.79 Å². The van der Waals surface area contributed by atoms with Gasteiger partial charge in [-0.2, -0.15) is 0 Å². The second-order valence-electron chi connectivity index (χ2n) is 9.53. The van der Waals surface area contributed by atoms with Gasteiger partial charge in [-0.15, -0.1) is 0 Å². The predicted octanol–water partition coefficient (Wildman–Crippen LogP) is 3.30. The fourth-order valence-electron chi connectivity index (χ4n) is 4.95. The average Bonchev–Trinajstić information content (AvgIpc) is 2.94. The Kier molecular flexibility index (Phi) is 9.38. The van der Waals surface area contributed by atoms with E-state index in [0.29, 0.717) is 23.3 Å². The number of nitrogens with one attached hydrogen (secondary N) is 1. The number of aliphatic imine (C=N–C) groups is 1. The van der Waals surface area contributed by atoms with Crippen LogP contribution in [0.25, 0.3) is 0 Å². The van der Waals surface area contributed by atoms with E-state index >= 15 is 0 Å². The van der Waals surface area contributed by atoms with Crippen LogP contribution in [-0.2, 0) is 17.7 Å². The molecule has 0 radical (unpaired) electrons. The van der Waals surface area contributed by atoms with Gasteiger partial charge in [-0.25, -0.2) is 20.4 Å². The van der Waals surface area contributed by atoms with Gasteiger partial charge in [0.2, 0.25) is 5.95 Å². The first-order chi connectivity index (χ1) is 18.0. The van der Waals surface area contributed by atoms with E-state index in [1.807, 2.05) is 25.4 Å². The van der Waals surface area contributed by atoms with Crippen LogP contribution >= 0.6 is 0 Å². The fraction of sp³-hybridized carbons (Fsp3) is 0.500. The second kappa shape index (κ2) is 12.9. The molecule has 2 heterocycles. The lowest BCUT2D eigenvalue weighted by Gasteiger charge is -2.38. The van der Waals surface area contributed by atoms with Crippen LogP contribution in [0.2, 0.25) is 0 Å². The smallest absolute Gasteiger partial charge is 0.274 e. The van der Waals surface area contributed by atoms with Crippen molar-refractivity contribution < 1.29 is 14.4 Å². The van der Waals surface area contributed by atoms with Crippen molar-refractivity contribution in [2.75, 3.05) is 46.9 Å². The Hall–Kier alpha value is -3.14. The third-order valence-corrected chi connectivity index (χ3v) is 7.29. The summed E-state index contributed by atoms with van der Waals surface area (Å²) in [4.78, 5) is 35.7. The first kappa shape index (κ1) is 26.9. The largest absolute Gasteiger partial charge is 0.496 e. The third-order valence-electron chi connectivity index (χ3n) is 7.29. The Bertz CT molecular complexity index is 1120. The zero-order valence-corrected chi connectivity index (χ0v) is 22.4. The molecule has 198 valence electrons. The Morgan fingerprint density at radius 2 is 1.89 bits per heavy atom. The van der Waals surface area contributed by atoms with Crippen LogP contribution in [0.3, 0.4) is 0 Å². The highest BCUT2D eigenvalue weighted by Crippen LogP contribution is 2.25. The third kappa shape index (κ3) is 7.00. The minimum absolute atomic E-state index is 0.309. The van der Waals surface area contributed by atoms with E-state index in [1.165, 1.54) is 7.11 Å². The number of aromatic nitrogens is 2. The molecule has 1 fully saturated rings. The number of methoxy groups -OCH3 is 1. The van der Waals surface area contributed by atoms with Gasteiger partial charge in [0, 0.05) is 55.9 Å². The van der Waals surface area contributed by atoms with Crippen LogP contribution in [0.15, 0.2) is 41.7 Å². The van der Waals surface area contributed by atoms with E-state index in [0.717, 1.165) is 80.8 Å². The first-order valence-electron chi connectivity index (χ1n) is 13.0. The van der Waals surface area contributed by atoms with Crippen molar-refractivity contribution in [2.24, 2.45) is 4.99 Å². The maximum absolute atomic E-state index is 12.2. The van der Waals surface area contributed by atoms with Crippen molar-refractivity contribution in [1.29, 1.82) is 0 Å². The number of likely N-dealkylation sites (N-methyl/N-ethyl adjacent to an activating group) is 1. The summed E-state index contributed by atoms with van der Waals surface area (Å²) in [6, 6.07) is 4.10. The summed E-state index contributed by atoms with van der Waals surface area (Å²) in [5, 5.41) is 0.